The van der Waals surface area contributed by atoms with Gasteiger partial charge in [0.1, 0.15) is 0 Å². The van der Waals surface area contributed by atoms with E-state index in [4.69, 9.17) is 5.73 Å². The van der Waals surface area contributed by atoms with E-state index in [9.17, 15) is 14.7 Å². The third-order valence-electron chi connectivity index (χ3n) is 6.36. The molecule has 1 unspecified atom stereocenters. The van der Waals surface area contributed by atoms with E-state index >= 15 is 0 Å². The quantitative estimate of drug-likeness (QED) is 0.418. The van der Waals surface area contributed by atoms with Crippen molar-refractivity contribution in [2.75, 3.05) is 5.01 Å². The van der Waals surface area contributed by atoms with Crippen LogP contribution in [0, 0.1) is 12.8 Å². The number of amides is 2. The SMILES string of the molecule is CC1=NN(c2ccccc2)C(=O)/C1=C1\C=C(c2c(C)nn(-c3ccccc3)c2[O-])CC(C(N)=O)C1.[Na+]. The van der Waals surface area contributed by atoms with Gasteiger partial charge in [-0.05, 0) is 68.0 Å². The second-order valence-corrected chi connectivity index (χ2v) is 8.73. The average Bonchev–Trinajstić information content (AvgIpc) is 3.33. The van der Waals surface area contributed by atoms with Crippen molar-refractivity contribution in [3.8, 4) is 11.6 Å². The molecule has 36 heavy (non-hydrogen) atoms. The van der Waals surface area contributed by atoms with Crippen LogP contribution in [0.1, 0.15) is 31.0 Å². The first-order valence-electron chi connectivity index (χ1n) is 11.4. The summed E-state index contributed by atoms with van der Waals surface area (Å²) in [6.07, 6.45) is 2.44. The van der Waals surface area contributed by atoms with Gasteiger partial charge in [-0.1, -0.05) is 42.5 Å². The number of hydrogen-bond donors (Lipinski definition) is 1. The molecule has 1 aromatic heterocycles. The molecule has 0 spiro atoms. The molecule has 9 heteroatoms. The van der Waals surface area contributed by atoms with Crippen molar-refractivity contribution in [1.82, 2.24) is 9.78 Å². The van der Waals surface area contributed by atoms with Gasteiger partial charge in [-0.3, -0.25) is 9.59 Å². The minimum atomic E-state index is -0.553. The van der Waals surface area contributed by atoms with E-state index in [1.165, 1.54) is 9.69 Å². The van der Waals surface area contributed by atoms with Crippen molar-refractivity contribution >= 4 is 28.8 Å². The standard InChI is InChI=1S/C27H25N5O3.Na/c1-16-23(26(34)31(29-16)21-9-5-3-6-10-21)18-13-19(15-20(14-18)25(28)33)24-17(2)30-32(27(24)35)22-11-7-4-8-12-22;/h3-13,20,34H,14-15H2,1-2H3,(H2,28,33);/q;+1/p-1/b24-19+;. The summed E-state index contributed by atoms with van der Waals surface area (Å²) in [5.74, 6) is -1.58. The fourth-order valence-corrected chi connectivity index (χ4v) is 4.72. The summed E-state index contributed by atoms with van der Waals surface area (Å²) < 4.78 is 1.36. The molecule has 0 bridgehead atoms. The number of hydrazone groups is 1. The van der Waals surface area contributed by atoms with Crippen molar-refractivity contribution in [3.05, 3.63) is 89.1 Å². The number of anilines is 1. The Labute approximate surface area is 231 Å². The van der Waals surface area contributed by atoms with E-state index in [1.54, 1.807) is 13.8 Å². The zero-order chi connectivity index (χ0) is 24.7. The van der Waals surface area contributed by atoms with Crippen molar-refractivity contribution in [2.45, 2.75) is 26.7 Å². The third kappa shape index (κ3) is 4.55. The number of rotatable bonds is 4. The Hall–Kier alpha value is -3.46. The number of nitrogens with zero attached hydrogens (tertiary/aromatic N) is 4. The summed E-state index contributed by atoms with van der Waals surface area (Å²) in [4.78, 5) is 25.7. The summed E-state index contributed by atoms with van der Waals surface area (Å²) in [7, 11) is 0. The van der Waals surface area contributed by atoms with Crippen LogP contribution >= 0.6 is 0 Å². The maximum Gasteiger partial charge on any atom is 1.00 e. The van der Waals surface area contributed by atoms with E-state index in [2.05, 4.69) is 10.2 Å². The average molecular weight is 490 g/mol. The van der Waals surface area contributed by atoms with E-state index in [-0.39, 0.29) is 41.3 Å². The van der Waals surface area contributed by atoms with Crippen LogP contribution in [-0.4, -0.2) is 27.3 Å². The predicted octanol–water partition coefficient (Wildman–Crippen LogP) is 0.256. The Morgan fingerprint density at radius 3 is 2.22 bits per heavy atom. The molecule has 5 rings (SSSR count). The molecule has 8 nitrogen and oxygen atoms in total. The predicted molar refractivity (Wildman–Crippen MR) is 132 cm³/mol. The van der Waals surface area contributed by atoms with Crippen LogP contribution in [0.4, 0.5) is 5.69 Å². The van der Waals surface area contributed by atoms with Crippen LogP contribution in [0.2, 0.25) is 0 Å². The van der Waals surface area contributed by atoms with Crippen LogP contribution in [-0.2, 0) is 9.59 Å². The van der Waals surface area contributed by atoms with Crippen LogP contribution in [0.5, 0.6) is 5.88 Å². The topological polar surface area (TPSA) is 117 Å². The van der Waals surface area contributed by atoms with Gasteiger partial charge in [0.25, 0.3) is 5.91 Å². The number of para-hydroxylation sites is 2. The van der Waals surface area contributed by atoms with Gasteiger partial charge in [-0.2, -0.15) is 15.2 Å². The van der Waals surface area contributed by atoms with E-state index < -0.39 is 11.8 Å². The van der Waals surface area contributed by atoms with Crippen molar-refractivity contribution in [3.63, 3.8) is 0 Å². The fraction of sp³-hybridized carbons (Fsp3) is 0.185. The van der Waals surface area contributed by atoms with Gasteiger partial charge < -0.3 is 10.8 Å². The first-order chi connectivity index (χ1) is 16.8. The summed E-state index contributed by atoms with van der Waals surface area (Å²) in [6, 6.07) is 18.3. The molecule has 0 fully saturated rings. The van der Waals surface area contributed by atoms with Gasteiger partial charge in [0, 0.05) is 11.5 Å². The third-order valence-corrected chi connectivity index (χ3v) is 6.36. The zero-order valence-electron chi connectivity index (χ0n) is 20.4. The Kier molecular flexibility index (Phi) is 7.31. The molecule has 0 radical (unpaired) electrons. The van der Waals surface area contributed by atoms with Gasteiger partial charge in [0.15, 0.2) is 0 Å². The van der Waals surface area contributed by atoms with Gasteiger partial charge >= 0.3 is 29.6 Å². The van der Waals surface area contributed by atoms with Crippen LogP contribution in [0.25, 0.3) is 11.3 Å². The first kappa shape index (κ1) is 25.6. The summed E-state index contributed by atoms with van der Waals surface area (Å²) in [5, 5.41) is 23.7. The molecule has 2 aliphatic rings. The zero-order valence-corrected chi connectivity index (χ0v) is 22.4. The molecule has 2 aromatic carbocycles. The van der Waals surface area contributed by atoms with E-state index in [0.29, 0.717) is 57.9 Å². The molecule has 2 heterocycles. The number of allylic oxidation sites excluding steroid dienone is 3. The first-order valence-corrected chi connectivity index (χ1v) is 11.4. The molecule has 2 amide bonds. The number of primary amides is 1. The maximum atomic E-state index is 13.4. The molecule has 1 aliphatic heterocycles. The number of carbonyl (C=O) groups excluding carboxylic acids is 2. The number of nitrogens with two attached hydrogens (primary N) is 1. The normalized spacial score (nSPS) is 19.6. The number of aryl methyl sites for hydroxylation is 1. The number of benzene rings is 2. The second kappa shape index (κ2) is 10.3. The molecule has 3 aromatic rings. The Morgan fingerprint density at radius 2 is 1.61 bits per heavy atom. The van der Waals surface area contributed by atoms with Crippen molar-refractivity contribution in [1.29, 1.82) is 0 Å². The van der Waals surface area contributed by atoms with Crippen molar-refractivity contribution in [2.24, 2.45) is 16.8 Å². The molecule has 0 saturated heterocycles. The summed E-state index contributed by atoms with van der Waals surface area (Å²) >= 11 is 0. The molecule has 176 valence electrons. The number of aromatic nitrogens is 2. The second-order valence-electron chi connectivity index (χ2n) is 8.73. The Bertz CT molecular complexity index is 1420. The van der Waals surface area contributed by atoms with Gasteiger partial charge in [0.05, 0.1) is 28.4 Å². The van der Waals surface area contributed by atoms with Crippen LogP contribution in [0.3, 0.4) is 0 Å². The molecule has 2 N–H and O–H groups in total. The molecular formula is C27H24N5NaO3. The summed E-state index contributed by atoms with van der Waals surface area (Å²) in [6.45, 7) is 3.53. The van der Waals surface area contributed by atoms with E-state index in [1.807, 2.05) is 66.7 Å². The largest absolute Gasteiger partial charge is 1.00 e. The maximum absolute atomic E-state index is 13.4. The molecule has 1 atom stereocenters. The smallest absolute Gasteiger partial charge is 0.858 e. The van der Waals surface area contributed by atoms with Gasteiger partial charge in [-0.25, -0.2) is 4.68 Å². The minimum Gasteiger partial charge on any atom is -0.858 e. The fourth-order valence-electron chi connectivity index (χ4n) is 4.72. The number of hydrogen-bond acceptors (Lipinski definition) is 5. The van der Waals surface area contributed by atoms with Gasteiger partial charge in [-0.15, -0.1) is 0 Å². The Morgan fingerprint density at radius 1 is 1.00 bits per heavy atom. The van der Waals surface area contributed by atoms with Crippen LogP contribution in [0.15, 0.2) is 83.0 Å². The minimum absolute atomic E-state index is 0. The number of carbonyl (C=O) groups is 2. The van der Waals surface area contributed by atoms with Gasteiger partial charge in [0.2, 0.25) is 5.91 Å². The molecule has 0 saturated carbocycles. The monoisotopic (exact) mass is 489 g/mol. The Balaban J connectivity index is 0.00000304. The molecule has 1 aliphatic carbocycles. The van der Waals surface area contributed by atoms with Crippen molar-refractivity contribution < 1.29 is 44.3 Å². The van der Waals surface area contributed by atoms with Crippen LogP contribution < -0.4 is 45.4 Å². The molecular weight excluding hydrogens is 465 g/mol. The van der Waals surface area contributed by atoms with E-state index in [0.717, 1.165) is 0 Å². The summed E-state index contributed by atoms with van der Waals surface area (Å²) in [5.41, 5.74) is 10.3.